The third-order valence-electron chi connectivity index (χ3n) is 3.29. The summed E-state index contributed by atoms with van der Waals surface area (Å²) in [6.45, 7) is 1.72. The highest BCUT2D eigenvalue weighted by atomic mass is 79.9. The lowest BCUT2D eigenvalue weighted by molar-refractivity contribution is 0.306. The molecule has 0 atom stereocenters. The van der Waals surface area contributed by atoms with Crippen molar-refractivity contribution in [1.29, 1.82) is 0 Å². The van der Waals surface area contributed by atoms with Crippen LogP contribution in [0.2, 0.25) is 0 Å². The molecular formula is C18H22BrNO. The van der Waals surface area contributed by atoms with Gasteiger partial charge in [0, 0.05) is 4.47 Å². The Bertz CT molecular complexity index is 551. The molecule has 0 amide bonds. The van der Waals surface area contributed by atoms with Gasteiger partial charge in [-0.2, -0.15) is 0 Å². The van der Waals surface area contributed by atoms with Gasteiger partial charge in [-0.05, 0) is 68.9 Å². The van der Waals surface area contributed by atoms with Crippen molar-refractivity contribution in [3.63, 3.8) is 0 Å². The summed E-state index contributed by atoms with van der Waals surface area (Å²) < 4.78 is 6.97. The number of nitrogens with zero attached hydrogens (tertiary/aromatic N) is 1. The van der Waals surface area contributed by atoms with Crippen molar-refractivity contribution >= 4 is 15.9 Å². The zero-order chi connectivity index (χ0) is 15.1. The van der Waals surface area contributed by atoms with Crippen molar-refractivity contribution in [3.05, 3.63) is 64.1 Å². The van der Waals surface area contributed by atoms with Gasteiger partial charge in [-0.25, -0.2) is 0 Å². The Morgan fingerprint density at radius 1 is 1.00 bits per heavy atom. The van der Waals surface area contributed by atoms with Gasteiger partial charge in [-0.1, -0.05) is 40.2 Å². The maximum Gasteiger partial charge on any atom is 0.120 e. The van der Waals surface area contributed by atoms with Crippen LogP contribution in [0.3, 0.4) is 0 Å². The van der Waals surface area contributed by atoms with Gasteiger partial charge in [0.1, 0.15) is 12.4 Å². The molecule has 2 nitrogen and oxygen atoms in total. The molecule has 0 aliphatic carbocycles. The highest BCUT2D eigenvalue weighted by Gasteiger charge is 2.00. The van der Waals surface area contributed by atoms with Gasteiger partial charge in [-0.3, -0.25) is 0 Å². The summed E-state index contributed by atoms with van der Waals surface area (Å²) in [7, 11) is 4.22. The quantitative estimate of drug-likeness (QED) is 0.729. The molecule has 0 saturated carbocycles. The second kappa shape index (κ2) is 8.20. The highest BCUT2D eigenvalue weighted by Crippen LogP contribution is 2.17. The SMILES string of the molecule is CN(C)CCCc1cccc(OCc2ccc(Br)cc2)c1. The van der Waals surface area contributed by atoms with Gasteiger partial charge in [0.15, 0.2) is 0 Å². The molecule has 0 heterocycles. The minimum Gasteiger partial charge on any atom is -0.489 e. The van der Waals surface area contributed by atoms with Crippen LogP contribution in [0.15, 0.2) is 53.0 Å². The van der Waals surface area contributed by atoms with E-state index in [1.807, 2.05) is 18.2 Å². The highest BCUT2D eigenvalue weighted by molar-refractivity contribution is 9.10. The average Bonchev–Trinajstić information content (AvgIpc) is 2.47. The van der Waals surface area contributed by atoms with Crippen LogP contribution in [0.5, 0.6) is 5.75 Å². The van der Waals surface area contributed by atoms with E-state index in [0.29, 0.717) is 6.61 Å². The summed E-state index contributed by atoms with van der Waals surface area (Å²) >= 11 is 3.44. The second-order valence-electron chi connectivity index (χ2n) is 5.47. The fourth-order valence-corrected chi connectivity index (χ4v) is 2.40. The fourth-order valence-electron chi connectivity index (χ4n) is 2.14. The monoisotopic (exact) mass is 347 g/mol. The second-order valence-corrected chi connectivity index (χ2v) is 6.39. The standard InChI is InChI=1S/C18H22BrNO/c1-20(2)12-4-6-15-5-3-7-18(13-15)21-14-16-8-10-17(19)11-9-16/h3,5,7-11,13H,4,6,12,14H2,1-2H3. The number of benzene rings is 2. The first-order chi connectivity index (χ1) is 10.1. The molecule has 0 bridgehead atoms. The number of rotatable bonds is 7. The summed E-state index contributed by atoms with van der Waals surface area (Å²) in [5.41, 5.74) is 2.52. The molecule has 112 valence electrons. The predicted molar refractivity (Wildman–Crippen MR) is 91.8 cm³/mol. The Balaban J connectivity index is 1.87. The molecule has 2 aromatic rings. The number of aryl methyl sites for hydroxylation is 1. The van der Waals surface area contributed by atoms with Crippen LogP contribution in [0.1, 0.15) is 17.5 Å². The topological polar surface area (TPSA) is 12.5 Å². The van der Waals surface area contributed by atoms with Crippen LogP contribution in [-0.4, -0.2) is 25.5 Å². The maximum absolute atomic E-state index is 5.87. The summed E-state index contributed by atoms with van der Waals surface area (Å²) in [6.07, 6.45) is 2.26. The molecule has 0 radical (unpaired) electrons. The van der Waals surface area contributed by atoms with Crippen LogP contribution in [0.25, 0.3) is 0 Å². The molecule has 0 aliphatic rings. The first kappa shape index (κ1) is 16.1. The Kier molecular flexibility index (Phi) is 6.27. The Labute approximate surface area is 135 Å². The first-order valence-corrected chi connectivity index (χ1v) is 8.04. The molecule has 2 aromatic carbocycles. The minimum absolute atomic E-state index is 0.606. The summed E-state index contributed by atoms with van der Waals surface area (Å²) in [4.78, 5) is 2.22. The first-order valence-electron chi connectivity index (χ1n) is 7.24. The smallest absolute Gasteiger partial charge is 0.120 e. The van der Waals surface area contributed by atoms with Crippen LogP contribution >= 0.6 is 15.9 Å². The lowest BCUT2D eigenvalue weighted by atomic mass is 10.1. The zero-order valence-corrected chi connectivity index (χ0v) is 14.3. The minimum atomic E-state index is 0.606. The fraction of sp³-hybridized carbons (Fsp3) is 0.333. The van der Waals surface area contributed by atoms with Crippen LogP contribution in [0.4, 0.5) is 0 Å². The maximum atomic E-state index is 5.87. The number of hydrogen-bond acceptors (Lipinski definition) is 2. The molecule has 0 spiro atoms. The largest absolute Gasteiger partial charge is 0.489 e. The Morgan fingerprint density at radius 2 is 1.76 bits per heavy atom. The molecule has 0 aromatic heterocycles. The molecular weight excluding hydrogens is 326 g/mol. The van der Waals surface area contributed by atoms with Crippen molar-refractivity contribution in [3.8, 4) is 5.75 Å². The third-order valence-corrected chi connectivity index (χ3v) is 3.82. The predicted octanol–water partition coefficient (Wildman–Crippen LogP) is 4.52. The van der Waals surface area contributed by atoms with Crippen molar-refractivity contribution in [2.45, 2.75) is 19.4 Å². The van der Waals surface area contributed by atoms with Gasteiger partial charge < -0.3 is 9.64 Å². The van der Waals surface area contributed by atoms with Gasteiger partial charge in [-0.15, -0.1) is 0 Å². The van der Waals surface area contributed by atoms with Crippen LogP contribution < -0.4 is 4.74 Å². The molecule has 0 fully saturated rings. The van der Waals surface area contributed by atoms with Crippen molar-refractivity contribution < 1.29 is 4.74 Å². The van der Waals surface area contributed by atoms with E-state index >= 15 is 0 Å². The normalized spacial score (nSPS) is 10.9. The van der Waals surface area contributed by atoms with Gasteiger partial charge in [0.2, 0.25) is 0 Å². The van der Waals surface area contributed by atoms with Gasteiger partial charge in [0.05, 0.1) is 0 Å². The van der Waals surface area contributed by atoms with Crippen molar-refractivity contribution in [2.75, 3.05) is 20.6 Å². The van der Waals surface area contributed by atoms with Crippen LogP contribution in [-0.2, 0) is 13.0 Å². The van der Waals surface area contributed by atoms with Gasteiger partial charge >= 0.3 is 0 Å². The van der Waals surface area contributed by atoms with E-state index in [4.69, 9.17) is 4.74 Å². The van der Waals surface area contributed by atoms with Crippen LogP contribution in [0, 0.1) is 0 Å². The molecule has 2 rings (SSSR count). The molecule has 0 N–H and O–H groups in total. The van der Waals surface area contributed by atoms with Crippen molar-refractivity contribution in [2.24, 2.45) is 0 Å². The molecule has 0 unspecified atom stereocenters. The number of halogens is 1. The Hall–Kier alpha value is -1.32. The lowest BCUT2D eigenvalue weighted by Gasteiger charge is -2.10. The van der Waals surface area contributed by atoms with E-state index in [1.54, 1.807) is 0 Å². The third kappa shape index (κ3) is 5.90. The van der Waals surface area contributed by atoms with E-state index in [1.165, 1.54) is 17.5 Å². The number of ether oxygens (including phenoxy) is 1. The molecule has 21 heavy (non-hydrogen) atoms. The molecule has 3 heteroatoms. The molecule has 0 aliphatic heterocycles. The average molecular weight is 348 g/mol. The molecule has 0 saturated heterocycles. The number of hydrogen-bond donors (Lipinski definition) is 0. The van der Waals surface area contributed by atoms with Gasteiger partial charge in [0.25, 0.3) is 0 Å². The van der Waals surface area contributed by atoms with E-state index in [9.17, 15) is 0 Å². The van der Waals surface area contributed by atoms with E-state index in [2.05, 4.69) is 65.3 Å². The summed E-state index contributed by atoms with van der Waals surface area (Å²) in [5.74, 6) is 0.945. The Morgan fingerprint density at radius 3 is 2.48 bits per heavy atom. The van der Waals surface area contributed by atoms with E-state index < -0.39 is 0 Å². The van der Waals surface area contributed by atoms with Crippen molar-refractivity contribution in [1.82, 2.24) is 4.90 Å². The van der Waals surface area contributed by atoms with E-state index in [-0.39, 0.29) is 0 Å². The summed E-state index contributed by atoms with van der Waals surface area (Å²) in [6, 6.07) is 16.6. The zero-order valence-electron chi connectivity index (χ0n) is 12.7. The summed E-state index contributed by atoms with van der Waals surface area (Å²) in [5, 5.41) is 0. The lowest BCUT2D eigenvalue weighted by Crippen LogP contribution is -2.13. The van der Waals surface area contributed by atoms with E-state index in [0.717, 1.165) is 23.2 Å².